The van der Waals surface area contributed by atoms with Crippen LogP contribution in [0.5, 0.6) is 0 Å². The highest BCUT2D eigenvalue weighted by Gasteiger charge is 2.07. The lowest BCUT2D eigenvalue weighted by Gasteiger charge is -1.98. The van der Waals surface area contributed by atoms with Gasteiger partial charge in [0.1, 0.15) is 0 Å². The predicted octanol–water partition coefficient (Wildman–Crippen LogP) is 2.13. The molecule has 1 aromatic rings. The molecule has 52 valence electrons. The van der Waals surface area contributed by atoms with Gasteiger partial charge >= 0.3 is 0 Å². The summed E-state index contributed by atoms with van der Waals surface area (Å²) in [6, 6.07) is 8.17. The lowest BCUT2D eigenvalue weighted by atomic mass is 10.0. The van der Waals surface area contributed by atoms with Crippen molar-refractivity contribution in [3.05, 3.63) is 41.0 Å². The van der Waals surface area contributed by atoms with Gasteiger partial charge in [0.05, 0.1) is 13.0 Å². The molecule has 0 aliphatic heterocycles. The first kappa shape index (κ1) is 5.15. The molecule has 11 heavy (non-hydrogen) atoms. The summed E-state index contributed by atoms with van der Waals surface area (Å²) in [7, 11) is 0. The monoisotopic (exact) mass is 142 g/mol. The van der Waals surface area contributed by atoms with E-state index in [2.05, 4.69) is 6.07 Å². The van der Waals surface area contributed by atoms with Crippen LogP contribution in [-0.4, -0.2) is 0 Å². The zero-order chi connectivity index (χ0) is 8.55. The van der Waals surface area contributed by atoms with Gasteiger partial charge in [-0.2, -0.15) is 5.26 Å². The topological polar surface area (TPSA) is 23.8 Å². The van der Waals surface area contributed by atoms with Crippen LogP contribution in [0, 0.1) is 11.3 Å². The first-order valence-electron chi connectivity index (χ1n) is 4.02. The number of nitrogens with zero attached hydrogens (tertiary/aromatic N) is 1. The van der Waals surface area contributed by atoms with Gasteiger partial charge in [-0.05, 0) is 23.6 Å². The van der Waals surface area contributed by atoms with Gasteiger partial charge in [0, 0.05) is 0 Å². The van der Waals surface area contributed by atoms with Crippen molar-refractivity contribution in [2.24, 2.45) is 0 Å². The smallest absolute Gasteiger partial charge is 0.0998 e. The van der Waals surface area contributed by atoms with Crippen LogP contribution in [0.15, 0.2) is 24.3 Å². The number of rotatable bonds is 0. The molecule has 0 heterocycles. The van der Waals surface area contributed by atoms with Gasteiger partial charge in [-0.15, -0.1) is 0 Å². The van der Waals surface area contributed by atoms with E-state index in [1.807, 2.05) is 18.2 Å². The zero-order valence-electron chi connectivity index (χ0n) is 6.96. The summed E-state index contributed by atoms with van der Waals surface area (Å²) >= 11 is 0. The summed E-state index contributed by atoms with van der Waals surface area (Å²) in [5.74, 6) is 0. The van der Waals surface area contributed by atoms with Crippen LogP contribution in [0.2, 0.25) is 0 Å². The number of nitriles is 1. The minimum Gasteiger partial charge on any atom is -0.192 e. The van der Waals surface area contributed by atoms with Crippen LogP contribution in [0.4, 0.5) is 0 Å². The van der Waals surface area contributed by atoms with Crippen LogP contribution in [0.1, 0.15) is 18.1 Å². The minimum absolute atomic E-state index is 0.488. The van der Waals surface area contributed by atoms with Crippen molar-refractivity contribution < 1.29 is 1.37 Å². The van der Waals surface area contributed by atoms with Crippen LogP contribution in [-0.2, 0) is 6.42 Å². The molecular formula is C10H7N. The normalized spacial score (nSPS) is 14.8. The molecule has 0 fully saturated rings. The Kier molecular flexibility index (Phi) is 1.05. The van der Waals surface area contributed by atoms with Crippen LogP contribution in [0.25, 0.3) is 6.05 Å². The molecule has 0 unspecified atom stereocenters. The van der Waals surface area contributed by atoms with Gasteiger partial charge in [-0.25, -0.2) is 0 Å². The van der Waals surface area contributed by atoms with Crippen LogP contribution < -0.4 is 0 Å². The minimum atomic E-state index is 0.488. The Bertz CT molecular complexity index is 399. The molecule has 0 amide bonds. The molecule has 0 N–H and O–H groups in total. The second kappa shape index (κ2) is 2.25. The summed E-state index contributed by atoms with van der Waals surface area (Å²) < 4.78 is 7.57. The molecule has 1 aliphatic carbocycles. The highest BCUT2D eigenvalue weighted by atomic mass is 14.2. The van der Waals surface area contributed by atoms with E-state index in [1.54, 1.807) is 6.07 Å². The summed E-state index contributed by atoms with van der Waals surface area (Å²) in [4.78, 5) is 0. The van der Waals surface area contributed by atoms with Crippen LogP contribution >= 0.6 is 0 Å². The Morgan fingerprint density at radius 2 is 2.45 bits per heavy atom. The Morgan fingerprint density at radius 1 is 1.55 bits per heavy atom. The van der Waals surface area contributed by atoms with E-state index >= 15 is 0 Å². The van der Waals surface area contributed by atoms with Crippen LogP contribution in [0.3, 0.4) is 0 Å². The van der Waals surface area contributed by atoms with Crippen molar-refractivity contribution in [2.75, 3.05) is 0 Å². The Labute approximate surface area is 67.0 Å². The van der Waals surface area contributed by atoms with Gasteiger partial charge in [0.15, 0.2) is 0 Å². The molecule has 1 aromatic carbocycles. The van der Waals surface area contributed by atoms with E-state index in [0.717, 1.165) is 17.5 Å². The lowest BCUT2D eigenvalue weighted by Crippen LogP contribution is -1.84. The summed E-state index contributed by atoms with van der Waals surface area (Å²) in [6.45, 7) is 0. The van der Waals surface area contributed by atoms with Gasteiger partial charge in [-0.3, -0.25) is 0 Å². The molecule has 2 rings (SSSR count). The fraction of sp³-hybridized carbons (Fsp3) is 0.100. The first-order chi connectivity index (χ1) is 5.83. The second-order valence-electron chi connectivity index (χ2n) is 2.50. The Hall–Kier alpha value is -1.55. The van der Waals surface area contributed by atoms with E-state index in [9.17, 15) is 0 Å². The number of hydrogen-bond donors (Lipinski definition) is 0. The average Bonchev–Trinajstić information content (AvgIpc) is 2.48. The first-order valence-corrected chi connectivity index (χ1v) is 3.52. The fourth-order valence-electron chi connectivity index (χ4n) is 1.30. The van der Waals surface area contributed by atoms with E-state index in [0.29, 0.717) is 11.6 Å². The maximum Gasteiger partial charge on any atom is 0.0998 e. The summed E-state index contributed by atoms with van der Waals surface area (Å²) in [6.07, 6.45) is 2.63. The van der Waals surface area contributed by atoms with Crippen molar-refractivity contribution in [3.8, 4) is 6.07 Å². The van der Waals surface area contributed by atoms with Gasteiger partial charge in [-0.1, -0.05) is 24.3 Å². The lowest BCUT2D eigenvalue weighted by molar-refractivity contribution is 1.30. The molecule has 0 spiro atoms. The molecule has 0 atom stereocenters. The summed E-state index contributed by atoms with van der Waals surface area (Å²) in [5, 5.41) is 8.76. The summed E-state index contributed by atoms with van der Waals surface area (Å²) in [5.41, 5.74) is 2.53. The van der Waals surface area contributed by atoms with Crippen molar-refractivity contribution in [2.45, 2.75) is 6.42 Å². The van der Waals surface area contributed by atoms with Crippen molar-refractivity contribution in [1.82, 2.24) is 0 Å². The standard InChI is InChI=1S/C10H7N/c11-7-9-5-1-3-8-4-2-6-10(8)9/h1-3,5-6H,4H2/i6D. The third kappa shape index (κ3) is 0.841. The van der Waals surface area contributed by atoms with Gasteiger partial charge < -0.3 is 0 Å². The Morgan fingerprint density at radius 3 is 3.27 bits per heavy atom. The van der Waals surface area contributed by atoms with E-state index in [1.165, 1.54) is 0 Å². The van der Waals surface area contributed by atoms with E-state index < -0.39 is 0 Å². The number of benzene rings is 1. The number of allylic oxidation sites excluding steroid dienone is 1. The number of hydrogen-bond acceptors (Lipinski definition) is 1. The van der Waals surface area contributed by atoms with E-state index in [-0.39, 0.29) is 0 Å². The second-order valence-corrected chi connectivity index (χ2v) is 2.50. The van der Waals surface area contributed by atoms with Gasteiger partial charge in [0.25, 0.3) is 0 Å². The SMILES string of the molecule is [2H]C1=CCc2cccc(C#N)c21. The molecule has 0 saturated carbocycles. The molecule has 0 saturated heterocycles. The molecule has 0 radical (unpaired) electrons. The highest BCUT2D eigenvalue weighted by molar-refractivity contribution is 5.66. The van der Waals surface area contributed by atoms with Crippen molar-refractivity contribution >= 4 is 6.05 Å². The molecule has 1 heteroatoms. The largest absolute Gasteiger partial charge is 0.192 e. The fourth-order valence-corrected chi connectivity index (χ4v) is 1.30. The van der Waals surface area contributed by atoms with Crippen molar-refractivity contribution in [3.63, 3.8) is 0 Å². The quantitative estimate of drug-likeness (QED) is 0.544. The molecule has 1 aliphatic rings. The molecule has 0 bridgehead atoms. The number of fused-ring (bicyclic) bond motifs is 1. The third-order valence-electron chi connectivity index (χ3n) is 1.84. The maximum atomic E-state index is 8.76. The molecule has 1 nitrogen and oxygen atoms in total. The maximum absolute atomic E-state index is 8.76. The predicted molar refractivity (Wildman–Crippen MR) is 43.9 cm³/mol. The molecule has 0 aromatic heterocycles. The van der Waals surface area contributed by atoms with E-state index in [4.69, 9.17) is 6.63 Å². The Balaban J connectivity index is 2.70. The third-order valence-corrected chi connectivity index (χ3v) is 1.84. The van der Waals surface area contributed by atoms with Crippen molar-refractivity contribution in [1.29, 1.82) is 5.26 Å². The molecular weight excluding hydrogens is 134 g/mol. The zero-order valence-corrected chi connectivity index (χ0v) is 5.96. The highest BCUT2D eigenvalue weighted by Crippen LogP contribution is 2.22. The van der Waals surface area contributed by atoms with Gasteiger partial charge in [0.2, 0.25) is 0 Å². The average molecular weight is 142 g/mol.